The molecule has 1 saturated carbocycles. The van der Waals surface area contributed by atoms with Crippen molar-refractivity contribution >= 4 is 0 Å². The first kappa shape index (κ1) is 23.3. The molecule has 1 rings (SSSR count). The summed E-state index contributed by atoms with van der Waals surface area (Å²) in [6.45, 7) is 10.6. The Labute approximate surface area is 159 Å². The van der Waals surface area contributed by atoms with E-state index in [2.05, 4.69) is 33.8 Å². The molecule has 0 aromatic rings. The lowest BCUT2D eigenvalue weighted by Gasteiger charge is -2.21. The zero-order chi connectivity index (χ0) is 19.7. The second kappa shape index (κ2) is 11.2. The van der Waals surface area contributed by atoms with Gasteiger partial charge in [0, 0.05) is 0 Å². The zero-order valence-electron chi connectivity index (χ0n) is 17.5. The van der Waals surface area contributed by atoms with Gasteiger partial charge in [0.2, 0.25) is 0 Å². The van der Waals surface area contributed by atoms with E-state index < -0.39 is 12.1 Å². The number of rotatable bonds is 12. The van der Waals surface area contributed by atoms with E-state index in [0.29, 0.717) is 18.8 Å². The van der Waals surface area contributed by atoms with Gasteiger partial charge in [0.15, 0.2) is 0 Å². The van der Waals surface area contributed by atoms with Gasteiger partial charge in [-0.15, -0.1) is 0 Å². The Kier molecular flexibility index (Phi) is 10.0. The summed E-state index contributed by atoms with van der Waals surface area (Å²) in [5.41, 5.74) is 4.48. The molecule has 0 heterocycles. The SMILES string of the molecule is CCCC(CCC(C)CCC/C(C)=C\C(=C(/C)CC)C1CC1)C(F)(F)F. The summed E-state index contributed by atoms with van der Waals surface area (Å²) in [6, 6.07) is 0. The molecule has 26 heavy (non-hydrogen) atoms. The van der Waals surface area contributed by atoms with Crippen LogP contribution in [0.5, 0.6) is 0 Å². The standard InChI is InChI=1S/C23H39F3/c1-6-9-21(23(24,25)26)15-12-17(3)10-8-11-18(4)16-22(19(5)7-2)20-13-14-20/h16-17,20-21H,6-15H2,1-5H3/b18-16-,22-19-. The molecule has 0 radical (unpaired) electrons. The average Bonchev–Trinajstić information content (AvgIpc) is 3.39. The van der Waals surface area contributed by atoms with E-state index in [1.807, 2.05) is 6.92 Å². The molecule has 2 unspecified atom stereocenters. The number of allylic oxidation sites excluding steroid dienone is 4. The Bertz CT molecular complexity index is 466. The molecular weight excluding hydrogens is 333 g/mol. The van der Waals surface area contributed by atoms with Crippen LogP contribution in [-0.4, -0.2) is 6.18 Å². The Balaban J connectivity index is 2.38. The first-order valence-electron chi connectivity index (χ1n) is 10.6. The van der Waals surface area contributed by atoms with Crippen LogP contribution in [0, 0.1) is 17.8 Å². The number of halogens is 3. The molecule has 0 bridgehead atoms. The lowest BCUT2D eigenvalue weighted by molar-refractivity contribution is -0.179. The summed E-state index contributed by atoms with van der Waals surface area (Å²) in [4.78, 5) is 0. The van der Waals surface area contributed by atoms with Crippen molar-refractivity contribution in [3.63, 3.8) is 0 Å². The van der Waals surface area contributed by atoms with Gasteiger partial charge in [-0.05, 0) is 76.2 Å². The van der Waals surface area contributed by atoms with E-state index >= 15 is 0 Å². The first-order chi connectivity index (χ1) is 12.2. The summed E-state index contributed by atoms with van der Waals surface area (Å²) in [5, 5.41) is 0. The van der Waals surface area contributed by atoms with Crippen LogP contribution in [0.2, 0.25) is 0 Å². The maximum Gasteiger partial charge on any atom is 0.391 e. The fraction of sp³-hybridized carbons (Fsp3) is 0.826. The van der Waals surface area contributed by atoms with Gasteiger partial charge in [-0.3, -0.25) is 0 Å². The van der Waals surface area contributed by atoms with Crippen molar-refractivity contribution in [1.29, 1.82) is 0 Å². The number of hydrogen-bond donors (Lipinski definition) is 0. The average molecular weight is 373 g/mol. The molecular formula is C23H39F3. The van der Waals surface area contributed by atoms with Crippen LogP contribution < -0.4 is 0 Å². The third-order valence-corrected chi connectivity index (χ3v) is 5.82. The predicted octanol–water partition coefficient (Wildman–Crippen LogP) is 8.63. The second-order valence-electron chi connectivity index (χ2n) is 8.46. The molecule has 0 nitrogen and oxygen atoms in total. The molecule has 0 N–H and O–H groups in total. The van der Waals surface area contributed by atoms with Crippen LogP contribution >= 0.6 is 0 Å². The molecule has 152 valence electrons. The van der Waals surface area contributed by atoms with E-state index in [-0.39, 0.29) is 12.8 Å². The second-order valence-corrected chi connectivity index (χ2v) is 8.46. The molecule has 1 aliphatic rings. The minimum Gasteiger partial charge on any atom is -0.171 e. The predicted molar refractivity (Wildman–Crippen MR) is 106 cm³/mol. The van der Waals surface area contributed by atoms with Crippen molar-refractivity contribution < 1.29 is 13.2 Å². The maximum atomic E-state index is 13.0. The molecule has 0 spiro atoms. The highest BCUT2D eigenvalue weighted by Crippen LogP contribution is 2.40. The van der Waals surface area contributed by atoms with E-state index in [0.717, 1.165) is 31.6 Å². The summed E-state index contributed by atoms with van der Waals surface area (Å²) in [7, 11) is 0. The van der Waals surface area contributed by atoms with E-state index in [1.54, 1.807) is 5.57 Å². The highest BCUT2D eigenvalue weighted by molar-refractivity contribution is 5.32. The van der Waals surface area contributed by atoms with Crippen molar-refractivity contribution in [2.75, 3.05) is 0 Å². The topological polar surface area (TPSA) is 0 Å². The minimum absolute atomic E-state index is 0.269. The van der Waals surface area contributed by atoms with Crippen molar-refractivity contribution in [3.05, 3.63) is 22.8 Å². The van der Waals surface area contributed by atoms with Crippen LogP contribution in [0.4, 0.5) is 13.2 Å². The lowest BCUT2D eigenvalue weighted by atomic mass is 9.90. The molecule has 1 aliphatic carbocycles. The van der Waals surface area contributed by atoms with Crippen molar-refractivity contribution in [1.82, 2.24) is 0 Å². The Morgan fingerprint density at radius 1 is 1.04 bits per heavy atom. The summed E-state index contributed by atoms with van der Waals surface area (Å²) < 4.78 is 39.0. The third-order valence-electron chi connectivity index (χ3n) is 5.82. The highest BCUT2D eigenvalue weighted by atomic mass is 19.4. The maximum absolute atomic E-state index is 13.0. The Morgan fingerprint density at radius 3 is 2.19 bits per heavy atom. The third kappa shape index (κ3) is 8.77. The van der Waals surface area contributed by atoms with E-state index in [9.17, 15) is 13.2 Å². The van der Waals surface area contributed by atoms with Gasteiger partial charge in [-0.2, -0.15) is 13.2 Å². The van der Waals surface area contributed by atoms with Gasteiger partial charge in [-0.25, -0.2) is 0 Å². The Morgan fingerprint density at radius 2 is 1.69 bits per heavy atom. The van der Waals surface area contributed by atoms with Crippen molar-refractivity contribution in [2.45, 2.75) is 105 Å². The first-order valence-corrected chi connectivity index (χ1v) is 10.6. The summed E-state index contributed by atoms with van der Waals surface area (Å²) in [6.07, 6.45) is 7.15. The van der Waals surface area contributed by atoms with Crippen molar-refractivity contribution in [2.24, 2.45) is 17.8 Å². The quantitative estimate of drug-likeness (QED) is 0.301. The van der Waals surface area contributed by atoms with Crippen LogP contribution in [-0.2, 0) is 0 Å². The van der Waals surface area contributed by atoms with Crippen LogP contribution in [0.15, 0.2) is 22.8 Å². The minimum atomic E-state index is -4.03. The highest BCUT2D eigenvalue weighted by Gasteiger charge is 2.38. The van der Waals surface area contributed by atoms with Crippen LogP contribution in [0.25, 0.3) is 0 Å². The fourth-order valence-electron chi connectivity index (χ4n) is 3.71. The monoisotopic (exact) mass is 372 g/mol. The molecule has 0 saturated heterocycles. The molecule has 0 amide bonds. The molecule has 2 atom stereocenters. The zero-order valence-corrected chi connectivity index (χ0v) is 17.5. The summed E-state index contributed by atoms with van der Waals surface area (Å²) >= 11 is 0. The van der Waals surface area contributed by atoms with Crippen molar-refractivity contribution in [3.8, 4) is 0 Å². The smallest absolute Gasteiger partial charge is 0.171 e. The molecule has 1 fully saturated rings. The van der Waals surface area contributed by atoms with Crippen LogP contribution in [0.1, 0.15) is 98.8 Å². The molecule has 0 aromatic heterocycles. The fourth-order valence-corrected chi connectivity index (χ4v) is 3.71. The molecule has 0 aliphatic heterocycles. The van der Waals surface area contributed by atoms with Gasteiger partial charge in [0.25, 0.3) is 0 Å². The van der Waals surface area contributed by atoms with Gasteiger partial charge in [0.05, 0.1) is 5.92 Å². The summed E-state index contributed by atoms with van der Waals surface area (Å²) in [5.74, 6) is 0.0434. The number of hydrogen-bond acceptors (Lipinski definition) is 0. The van der Waals surface area contributed by atoms with Gasteiger partial charge < -0.3 is 0 Å². The molecule has 3 heteroatoms. The van der Waals surface area contributed by atoms with Gasteiger partial charge >= 0.3 is 6.18 Å². The number of alkyl halides is 3. The van der Waals surface area contributed by atoms with E-state index in [1.165, 1.54) is 24.0 Å². The van der Waals surface area contributed by atoms with Crippen LogP contribution in [0.3, 0.4) is 0 Å². The normalized spacial score (nSPS) is 19.3. The molecule has 0 aromatic carbocycles. The van der Waals surface area contributed by atoms with E-state index in [4.69, 9.17) is 0 Å². The van der Waals surface area contributed by atoms with Gasteiger partial charge in [0.1, 0.15) is 0 Å². The lowest BCUT2D eigenvalue weighted by Crippen LogP contribution is -2.23. The largest absolute Gasteiger partial charge is 0.391 e. The van der Waals surface area contributed by atoms with Gasteiger partial charge in [-0.1, -0.05) is 57.3 Å². The Hall–Kier alpha value is -0.730.